The second kappa shape index (κ2) is 8.02. The molecule has 0 bridgehead atoms. The Labute approximate surface area is 189 Å². The number of carbonyl (C=O) groups excluding carboxylic acids is 2. The van der Waals surface area contributed by atoms with E-state index in [1.165, 1.54) is 13.2 Å². The van der Waals surface area contributed by atoms with E-state index in [1.807, 2.05) is 18.2 Å². The van der Waals surface area contributed by atoms with Crippen LogP contribution in [0.4, 0.5) is 0 Å². The first-order valence-corrected chi connectivity index (χ1v) is 10.3. The lowest BCUT2D eigenvalue weighted by Gasteiger charge is -2.26. The second-order valence-electron chi connectivity index (χ2n) is 7.70. The number of rotatable bonds is 4. The number of carbonyl (C=O) groups is 2. The first-order valence-electron chi connectivity index (χ1n) is 10.3. The summed E-state index contributed by atoms with van der Waals surface area (Å²) in [7, 11) is 3.01. The molecule has 0 unspecified atom stereocenters. The van der Waals surface area contributed by atoms with Gasteiger partial charge in [-0.3, -0.25) is 9.59 Å². The lowest BCUT2D eigenvalue weighted by atomic mass is 9.84. The summed E-state index contributed by atoms with van der Waals surface area (Å²) in [6.45, 7) is 0. The Balaban J connectivity index is 1.62. The molecular formula is C26H20O7. The number of esters is 1. The summed E-state index contributed by atoms with van der Waals surface area (Å²) in [6.07, 6.45) is 1.70. The van der Waals surface area contributed by atoms with Crippen LogP contribution in [0.2, 0.25) is 0 Å². The molecule has 3 aromatic rings. The van der Waals surface area contributed by atoms with Gasteiger partial charge < -0.3 is 24.1 Å². The molecule has 3 aromatic carbocycles. The third-order valence-electron chi connectivity index (χ3n) is 5.81. The van der Waals surface area contributed by atoms with Gasteiger partial charge in [0.25, 0.3) is 0 Å². The maximum absolute atomic E-state index is 13.1. The maximum Gasteiger partial charge on any atom is 0.312 e. The smallest absolute Gasteiger partial charge is 0.312 e. The average molecular weight is 444 g/mol. The number of para-hydroxylation sites is 1. The number of allylic oxidation sites excluding steroid dienone is 1. The SMILES string of the molecule is COc1cc([C@H]2CC(=O)Oc3ccc4c(c32)O/C(=C\c2ccccc2OC)C4=O)ccc1O. The number of aromatic hydroxyl groups is 1. The van der Waals surface area contributed by atoms with Crippen LogP contribution in [0.5, 0.6) is 28.7 Å². The summed E-state index contributed by atoms with van der Waals surface area (Å²) < 4.78 is 22.1. The Bertz CT molecular complexity index is 1320. The van der Waals surface area contributed by atoms with Gasteiger partial charge in [-0.25, -0.2) is 0 Å². The molecule has 33 heavy (non-hydrogen) atoms. The minimum absolute atomic E-state index is 0.00777. The van der Waals surface area contributed by atoms with Crippen molar-refractivity contribution in [2.75, 3.05) is 14.2 Å². The zero-order valence-electron chi connectivity index (χ0n) is 18.0. The van der Waals surface area contributed by atoms with Crippen LogP contribution in [0.1, 0.15) is 39.4 Å². The van der Waals surface area contributed by atoms with E-state index >= 15 is 0 Å². The van der Waals surface area contributed by atoms with Gasteiger partial charge in [-0.15, -0.1) is 0 Å². The number of Topliss-reactive ketones (excluding diaryl/α,β-unsaturated/α-hetero) is 1. The molecule has 2 aliphatic rings. The van der Waals surface area contributed by atoms with Gasteiger partial charge in [0, 0.05) is 17.0 Å². The standard InChI is InChI=1S/C26H20O7/c1-30-19-6-4-3-5-15(19)12-22-25(29)16-8-10-20-24(26(16)33-22)17(13-23(28)32-20)14-7-9-18(27)21(11-14)31-2/h3-12,17,27H,13H2,1-2H3/b22-12-/t17-/m1/s1. The largest absolute Gasteiger partial charge is 0.504 e. The predicted octanol–water partition coefficient (Wildman–Crippen LogP) is 4.47. The molecule has 5 rings (SSSR count). The molecular weight excluding hydrogens is 424 g/mol. The molecule has 0 radical (unpaired) electrons. The van der Waals surface area contributed by atoms with E-state index < -0.39 is 11.9 Å². The first-order chi connectivity index (χ1) is 16.0. The fourth-order valence-electron chi connectivity index (χ4n) is 4.23. The molecule has 0 spiro atoms. The number of ketones is 1. The van der Waals surface area contributed by atoms with Crippen LogP contribution in [-0.2, 0) is 4.79 Å². The maximum atomic E-state index is 13.1. The molecule has 0 saturated carbocycles. The van der Waals surface area contributed by atoms with Gasteiger partial charge in [0.15, 0.2) is 17.3 Å². The molecule has 2 aliphatic heterocycles. The Morgan fingerprint density at radius 3 is 2.55 bits per heavy atom. The Morgan fingerprint density at radius 2 is 1.76 bits per heavy atom. The summed E-state index contributed by atoms with van der Waals surface area (Å²) in [5.41, 5.74) is 2.44. The van der Waals surface area contributed by atoms with Crippen molar-refractivity contribution in [2.45, 2.75) is 12.3 Å². The van der Waals surface area contributed by atoms with Crippen LogP contribution in [0, 0.1) is 0 Å². The number of phenolic OH excluding ortho intramolecular Hbond substituents is 1. The van der Waals surface area contributed by atoms with Crippen molar-refractivity contribution in [3.63, 3.8) is 0 Å². The quantitative estimate of drug-likeness (QED) is 0.361. The number of phenols is 1. The highest BCUT2D eigenvalue weighted by Crippen LogP contribution is 2.49. The van der Waals surface area contributed by atoms with E-state index in [0.717, 1.165) is 5.56 Å². The van der Waals surface area contributed by atoms with Crippen LogP contribution in [0.3, 0.4) is 0 Å². The minimum atomic E-state index is -0.441. The average Bonchev–Trinajstić information content (AvgIpc) is 3.14. The van der Waals surface area contributed by atoms with Crippen LogP contribution < -0.4 is 18.9 Å². The lowest BCUT2D eigenvalue weighted by molar-refractivity contribution is -0.135. The van der Waals surface area contributed by atoms with Crippen molar-refractivity contribution in [3.8, 4) is 28.7 Å². The highest BCUT2D eigenvalue weighted by Gasteiger charge is 2.38. The minimum Gasteiger partial charge on any atom is -0.504 e. The highest BCUT2D eigenvalue weighted by atomic mass is 16.5. The van der Waals surface area contributed by atoms with E-state index in [1.54, 1.807) is 43.5 Å². The topological polar surface area (TPSA) is 91.3 Å². The fourth-order valence-corrected chi connectivity index (χ4v) is 4.23. The highest BCUT2D eigenvalue weighted by molar-refractivity contribution is 6.15. The number of hydrogen-bond acceptors (Lipinski definition) is 7. The second-order valence-corrected chi connectivity index (χ2v) is 7.70. The van der Waals surface area contributed by atoms with Gasteiger partial charge in [-0.1, -0.05) is 24.3 Å². The van der Waals surface area contributed by atoms with Crippen LogP contribution in [0.25, 0.3) is 6.08 Å². The summed E-state index contributed by atoms with van der Waals surface area (Å²) in [6, 6.07) is 15.4. The monoisotopic (exact) mass is 444 g/mol. The Hall–Kier alpha value is -4.26. The summed E-state index contributed by atoms with van der Waals surface area (Å²) >= 11 is 0. The molecule has 0 aliphatic carbocycles. The predicted molar refractivity (Wildman–Crippen MR) is 119 cm³/mol. The van der Waals surface area contributed by atoms with Gasteiger partial charge in [-0.05, 0) is 42.0 Å². The number of hydrogen-bond donors (Lipinski definition) is 1. The van der Waals surface area contributed by atoms with E-state index in [9.17, 15) is 14.7 Å². The van der Waals surface area contributed by atoms with Crippen molar-refractivity contribution < 1.29 is 33.6 Å². The number of benzene rings is 3. The number of ether oxygens (including phenoxy) is 4. The number of methoxy groups -OCH3 is 2. The summed E-state index contributed by atoms with van der Waals surface area (Å²) in [4.78, 5) is 25.5. The lowest BCUT2D eigenvalue weighted by Crippen LogP contribution is -2.21. The third kappa shape index (κ3) is 3.47. The van der Waals surface area contributed by atoms with Crippen LogP contribution in [0.15, 0.2) is 60.4 Å². The molecule has 166 valence electrons. The number of fused-ring (bicyclic) bond motifs is 3. The molecule has 7 nitrogen and oxygen atoms in total. The van der Waals surface area contributed by atoms with E-state index in [0.29, 0.717) is 33.9 Å². The Kier molecular flexibility index (Phi) is 5.01. The van der Waals surface area contributed by atoms with Gasteiger partial charge in [-0.2, -0.15) is 0 Å². The zero-order chi connectivity index (χ0) is 23.1. The zero-order valence-corrected chi connectivity index (χ0v) is 18.0. The van der Waals surface area contributed by atoms with Crippen molar-refractivity contribution in [1.29, 1.82) is 0 Å². The molecule has 0 amide bonds. The Morgan fingerprint density at radius 1 is 0.970 bits per heavy atom. The third-order valence-corrected chi connectivity index (χ3v) is 5.81. The molecule has 7 heteroatoms. The molecule has 1 N–H and O–H groups in total. The van der Waals surface area contributed by atoms with E-state index in [2.05, 4.69) is 0 Å². The fraction of sp³-hybridized carbons (Fsp3) is 0.154. The summed E-state index contributed by atoms with van der Waals surface area (Å²) in [5, 5.41) is 9.98. The van der Waals surface area contributed by atoms with Gasteiger partial charge in [0.05, 0.1) is 26.2 Å². The molecule has 1 atom stereocenters. The molecule has 0 fully saturated rings. The first kappa shape index (κ1) is 20.6. The van der Waals surface area contributed by atoms with E-state index in [-0.39, 0.29) is 29.5 Å². The van der Waals surface area contributed by atoms with Crippen molar-refractivity contribution in [2.24, 2.45) is 0 Å². The van der Waals surface area contributed by atoms with Crippen molar-refractivity contribution in [3.05, 3.63) is 82.6 Å². The van der Waals surface area contributed by atoms with Crippen LogP contribution >= 0.6 is 0 Å². The molecule has 0 saturated heterocycles. The van der Waals surface area contributed by atoms with Crippen LogP contribution in [-0.4, -0.2) is 31.1 Å². The molecule has 0 aromatic heterocycles. The van der Waals surface area contributed by atoms with Gasteiger partial charge in [0.1, 0.15) is 17.2 Å². The van der Waals surface area contributed by atoms with E-state index in [4.69, 9.17) is 18.9 Å². The normalized spacial score (nSPS) is 17.8. The molecule has 2 heterocycles. The van der Waals surface area contributed by atoms with Crippen molar-refractivity contribution in [1.82, 2.24) is 0 Å². The summed E-state index contributed by atoms with van der Waals surface area (Å²) in [5.74, 6) is 0.650. The van der Waals surface area contributed by atoms with Gasteiger partial charge >= 0.3 is 5.97 Å². The van der Waals surface area contributed by atoms with Crippen molar-refractivity contribution >= 4 is 17.8 Å². The van der Waals surface area contributed by atoms with Gasteiger partial charge in [0.2, 0.25) is 5.78 Å².